The third-order valence-corrected chi connectivity index (χ3v) is 4.64. The van der Waals surface area contributed by atoms with Gasteiger partial charge >= 0.3 is 0 Å². The fourth-order valence-electron chi connectivity index (χ4n) is 2.63. The molecule has 0 radical (unpaired) electrons. The lowest BCUT2D eigenvalue weighted by atomic mass is 9.72. The molecule has 1 fully saturated rings. The van der Waals surface area contributed by atoms with Crippen LogP contribution >= 0.6 is 0 Å². The Balaban J connectivity index is 2.77. The van der Waals surface area contributed by atoms with Gasteiger partial charge in [-0.05, 0) is 52.0 Å². The van der Waals surface area contributed by atoms with Crippen LogP contribution in [0.4, 0.5) is 0 Å². The highest BCUT2D eigenvalue weighted by molar-refractivity contribution is 4.94. The molecule has 2 atom stereocenters. The SMILES string of the molecule is CCC(C)(C)N(C)C1CC(C)(C)CCC1O. The molecule has 0 saturated heterocycles. The Bertz CT molecular complexity index is 235. The molecule has 0 bridgehead atoms. The quantitative estimate of drug-likeness (QED) is 0.801. The molecular formula is C14H29NO. The van der Waals surface area contributed by atoms with Gasteiger partial charge < -0.3 is 5.11 Å². The lowest BCUT2D eigenvalue weighted by Crippen LogP contribution is -2.55. The highest BCUT2D eigenvalue weighted by atomic mass is 16.3. The van der Waals surface area contributed by atoms with Gasteiger partial charge in [0.05, 0.1) is 6.10 Å². The van der Waals surface area contributed by atoms with Crippen LogP contribution in [0.25, 0.3) is 0 Å². The first kappa shape index (κ1) is 14.0. The summed E-state index contributed by atoms with van der Waals surface area (Å²) >= 11 is 0. The standard InChI is InChI=1S/C14H29NO/c1-7-14(4,5)15(6)11-10-13(2,3)9-8-12(11)16/h11-12,16H,7-10H2,1-6H3. The molecular weight excluding hydrogens is 198 g/mol. The predicted octanol–water partition coefficient (Wildman–Crippen LogP) is 3.05. The number of hydrogen-bond acceptors (Lipinski definition) is 2. The van der Waals surface area contributed by atoms with Crippen molar-refractivity contribution in [3.8, 4) is 0 Å². The summed E-state index contributed by atoms with van der Waals surface area (Å²) in [5.41, 5.74) is 0.557. The Hall–Kier alpha value is -0.0800. The van der Waals surface area contributed by atoms with Gasteiger partial charge in [0.25, 0.3) is 0 Å². The van der Waals surface area contributed by atoms with Gasteiger partial charge in [-0.15, -0.1) is 0 Å². The first-order valence-electron chi connectivity index (χ1n) is 6.60. The van der Waals surface area contributed by atoms with Gasteiger partial charge in [-0.1, -0.05) is 20.8 Å². The van der Waals surface area contributed by atoms with Crippen molar-refractivity contribution in [2.75, 3.05) is 7.05 Å². The first-order chi connectivity index (χ1) is 7.19. The van der Waals surface area contributed by atoms with E-state index >= 15 is 0 Å². The molecule has 1 aliphatic rings. The van der Waals surface area contributed by atoms with Crippen LogP contribution in [0.1, 0.15) is 60.3 Å². The fourth-order valence-corrected chi connectivity index (χ4v) is 2.63. The Morgan fingerprint density at radius 1 is 1.38 bits per heavy atom. The second-order valence-corrected chi connectivity index (χ2v) is 6.82. The molecule has 16 heavy (non-hydrogen) atoms. The lowest BCUT2D eigenvalue weighted by Gasteiger charge is -2.48. The molecule has 2 nitrogen and oxygen atoms in total. The normalized spacial score (nSPS) is 30.8. The van der Waals surface area contributed by atoms with E-state index in [1.54, 1.807) is 0 Å². The number of nitrogens with zero attached hydrogens (tertiary/aromatic N) is 1. The third-order valence-electron chi connectivity index (χ3n) is 4.64. The lowest BCUT2D eigenvalue weighted by molar-refractivity contribution is -0.0435. The average molecular weight is 227 g/mol. The molecule has 0 aromatic carbocycles. The Labute approximate surface area is 101 Å². The van der Waals surface area contributed by atoms with Crippen LogP contribution < -0.4 is 0 Å². The summed E-state index contributed by atoms with van der Waals surface area (Å²) in [6.07, 6.45) is 4.16. The second kappa shape index (κ2) is 4.66. The Morgan fingerprint density at radius 3 is 2.44 bits per heavy atom. The van der Waals surface area contributed by atoms with Crippen LogP contribution in [0.15, 0.2) is 0 Å². The number of rotatable bonds is 3. The van der Waals surface area contributed by atoms with E-state index < -0.39 is 0 Å². The van der Waals surface area contributed by atoms with E-state index in [-0.39, 0.29) is 11.6 Å². The minimum absolute atomic E-state index is 0.149. The van der Waals surface area contributed by atoms with E-state index in [4.69, 9.17) is 0 Å². The molecule has 1 rings (SSSR count). The summed E-state index contributed by atoms with van der Waals surface area (Å²) in [7, 11) is 2.17. The second-order valence-electron chi connectivity index (χ2n) is 6.82. The molecule has 0 aromatic heterocycles. The highest BCUT2D eigenvalue weighted by Crippen LogP contribution is 2.39. The molecule has 2 heteroatoms. The molecule has 1 saturated carbocycles. The van der Waals surface area contributed by atoms with Crippen molar-refractivity contribution in [1.29, 1.82) is 0 Å². The van der Waals surface area contributed by atoms with Crippen molar-refractivity contribution in [3.05, 3.63) is 0 Å². The van der Waals surface area contributed by atoms with Gasteiger partial charge in [0.1, 0.15) is 0 Å². The Kier molecular flexibility index (Phi) is 4.07. The van der Waals surface area contributed by atoms with Crippen LogP contribution in [0.2, 0.25) is 0 Å². The summed E-state index contributed by atoms with van der Waals surface area (Å²) in [6.45, 7) is 11.4. The number of likely N-dealkylation sites (N-methyl/N-ethyl adjacent to an activating group) is 1. The van der Waals surface area contributed by atoms with Gasteiger partial charge in [-0.3, -0.25) is 4.90 Å². The minimum atomic E-state index is -0.149. The molecule has 96 valence electrons. The van der Waals surface area contributed by atoms with Gasteiger partial charge in [0.15, 0.2) is 0 Å². The van der Waals surface area contributed by atoms with E-state index in [0.29, 0.717) is 11.5 Å². The third kappa shape index (κ3) is 2.98. The zero-order valence-electron chi connectivity index (χ0n) is 11.9. The smallest absolute Gasteiger partial charge is 0.0695 e. The molecule has 0 amide bonds. The number of aliphatic hydroxyl groups excluding tert-OH is 1. The first-order valence-corrected chi connectivity index (χ1v) is 6.60. The maximum absolute atomic E-state index is 10.2. The molecule has 2 unspecified atom stereocenters. The van der Waals surface area contributed by atoms with Crippen LogP contribution in [0.3, 0.4) is 0 Å². The van der Waals surface area contributed by atoms with E-state index in [1.165, 1.54) is 0 Å². The Morgan fingerprint density at radius 2 is 1.94 bits per heavy atom. The molecule has 1 aliphatic carbocycles. The molecule has 0 heterocycles. The highest BCUT2D eigenvalue weighted by Gasteiger charge is 2.39. The van der Waals surface area contributed by atoms with Crippen molar-refractivity contribution in [1.82, 2.24) is 4.90 Å². The van der Waals surface area contributed by atoms with E-state index in [1.807, 2.05) is 0 Å². The predicted molar refractivity (Wildman–Crippen MR) is 69.6 cm³/mol. The van der Waals surface area contributed by atoms with E-state index in [2.05, 4.69) is 46.6 Å². The zero-order chi connectivity index (χ0) is 12.6. The van der Waals surface area contributed by atoms with E-state index in [9.17, 15) is 5.11 Å². The number of hydrogen-bond donors (Lipinski definition) is 1. The van der Waals surface area contributed by atoms with Crippen molar-refractivity contribution in [2.45, 2.75) is 78.0 Å². The van der Waals surface area contributed by atoms with Gasteiger partial charge in [0, 0.05) is 11.6 Å². The maximum Gasteiger partial charge on any atom is 0.0695 e. The molecule has 0 aliphatic heterocycles. The summed E-state index contributed by atoms with van der Waals surface area (Å²) in [4.78, 5) is 2.39. The average Bonchev–Trinajstić information content (AvgIpc) is 2.20. The molecule has 0 spiro atoms. The van der Waals surface area contributed by atoms with Crippen molar-refractivity contribution < 1.29 is 5.11 Å². The zero-order valence-corrected chi connectivity index (χ0v) is 11.9. The van der Waals surface area contributed by atoms with Crippen molar-refractivity contribution >= 4 is 0 Å². The molecule has 0 aromatic rings. The summed E-state index contributed by atoms with van der Waals surface area (Å²) in [5.74, 6) is 0. The van der Waals surface area contributed by atoms with Gasteiger partial charge in [0.2, 0.25) is 0 Å². The van der Waals surface area contributed by atoms with Crippen LogP contribution in [-0.4, -0.2) is 34.7 Å². The minimum Gasteiger partial charge on any atom is -0.391 e. The van der Waals surface area contributed by atoms with E-state index in [0.717, 1.165) is 25.7 Å². The van der Waals surface area contributed by atoms with Crippen LogP contribution in [-0.2, 0) is 0 Å². The fraction of sp³-hybridized carbons (Fsp3) is 1.00. The van der Waals surface area contributed by atoms with Gasteiger partial charge in [-0.2, -0.15) is 0 Å². The molecule has 1 N–H and O–H groups in total. The monoisotopic (exact) mass is 227 g/mol. The largest absolute Gasteiger partial charge is 0.391 e. The topological polar surface area (TPSA) is 23.5 Å². The number of aliphatic hydroxyl groups is 1. The van der Waals surface area contributed by atoms with Gasteiger partial charge in [-0.25, -0.2) is 0 Å². The maximum atomic E-state index is 10.2. The van der Waals surface area contributed by atoms with Crippen LogP contribution in [0.5, 0.6) is 0 Å². The van der Waals surface area contributed by atoms with Crippen LogP contribution in [0, 0.1) is 5.41 Å². The van der Waals surface area contributed by atoms with Crippen molar-refractivity contribution in [2.24, 2.45) is 5.41 Å². The summed E-state index contributed by atoms with van der Waals surface area (Å²) in [6, 6.07) is 0.318. The summed E-state index contributed by atoms with van der Waals surface area (Å²) < 4.78 is 0. The summed E-state index contributed by atoms with van der Waals surface area (Å²) in [5, 5.41) is 10.2. The van der Waals surface area contributed by atoms with Crippen molar-refractivity contribution in [3.63, 3.8) is 0 Å².